The summed E-state index contributed by atoms with van der Waals surface area (Å²) in [5.74, 6) is -0.0240. The molecule has 0 atom stereocenters. The van der Waals surface area contributed by atoms with E-state index in [1.54, 1.807) is 31.2 Å². The molecule has 0 bridgehead atoms. The van der Waals surface area contributed by atoms with E-state index in [1.165, 1.54) is 5.56 Å². The average Bonchev–Trinajstić information content (AvgIpc) is 3.16. The van der Waals surface area contributed by atoms with Crippen molar-refractivity contribution in [3.8, 4) is 0 Å². The number of ketones is 1. The number of carbonyl (C=O) groups is 1. The molecule has 2 aromatic rings. The molecule has 4 heteroatoms. The normalized spacial score (nSPS) is 13.8. The van der Waals surface area contributed by atoms with Crippen LogP contribution in [0, 0.1) is 6.92 Å². The molecular formula is C26H28O3S. The van der Waals surface area contributed by atoms with Crippen LogP contribution >= 0.6 is 0 Å². The zero-order chi connectivity index (χ0) is 21.9. The highest BCUT2D eigenvalue weighted by molar-refractivity contribution is 7.91. The maximum absolute atomic E-state index is 12.8. The van der Waals surface area contributed by atoms with Gasteiger partial charge in [-0.05, 0) is 53.7 Å². The molecule has 0 amide bonds. The van der Waals surface area contributed by atoms with Gasteiger partial charge < -0.3 is 0 Å². The molecule has 1 aliphatic rings. The molecule has 3 rings (SSSR count). The van der Waals surface area contributed by atoms with Gasteiger partial charge in [-0.15, -0.1) is 5.73 Å². The minimum Gasteiger partial charge on any atom is -0.293 e. The first-order valence-corrected chi connectivity index (χ1v) is 12.0. The SMILES string of the molecule is CCC1=C=C(C(=O)CCS(=O)(=O)c2ccccc2C)C=C1c1ccccc1C(C)C. The summed E-state index contributed by atoms with van der Waals surface area (Å²) in [4.78, 5) is 13.1. The summed E-state index contributed by atoms with van der Waals surface area (Å²) < 4.78 is 25.4. The van der Waals surface area contributed by atoms with Crippen LogP contribution in [0.25, 0.3) is 5.57 Å². The Balaban J connectivity index is 1.84. The summed E-state index contributed by atoms with van der Waals surface area (Å²) in [5.41, 5.74) is 8.77. The third-order valence-corrected chi connectivity index (χ3v) is 7.32. The second kappa shape index (κ2) is 8.99. The van der Waals surface area contributed by atoms with Gasteiger partial charge in [0.15, 0.2) is 15.6 Å². The molecule has 1 aliphatic carbocycles. The molecule has 0 saturated carbocycles. The van der Waals surface area contributed by atoms with Gasteiger partial charge in [-0.1, -0.05) is 63.2 Å². The summed E-state index contributed by atoms with van der Waals surface area (Å²) in [6.45, 7) is 8.12. The molecule has 0 spiro atoms. The van der Waals surface area contributed by atoms with Crippen molar-refractivity contribution >= 4 is 21.2 Å². The molecule has 156 valence electrons. The third kappa shape index (κ3) is 4.56. The third-order valence-electron chi connectivity index (χ3n) is 5.45. The van der Waals surface area contributed by atoms with Crippen LogP contribution in [0.15, 0.2) is 76.4 Å². The molecule has 2 aromatic carbocycles. The lowest BCUT2D eigenvalue weighted by Gasteiger charge is -2.15. The van der Waals surface area contributed by atoms with Gasteiger partial charge in [0.05, 0.1) is 16.2 Å². The Kier molecular flexibility index (Phi) is 6.60. The Labute approximate surface area is 179 Å². The van der Waals surface area contributed by atoms with E-state index in [2.05, 4.69) is 31.7 Å². The highest BCUT2D eigenvalue weighted by Gasteiger charge is 2.23. The fraction of sp³-hybridized carbons (Fsp3) is 0.308. The molecule has 0 saturated heterocycles. The molecule has 0 heterocycles. The number of Topliss-reactive ketones (excluding diaryl/α,β-unsaturated/α-hetero) is 1. The van der Waals surface area contributed by atoms with Gasteiger partial charge in [0.2, 0.25) is 0 Å². The van der Waals surface area contributed by atoms with E-state index in [9.17, 15) is 13.2 Å². The maximum Gasteiger partial charge on any atom is 0.179 e. The van der Waals surface area contributed by atoms with Gasteiger partial charge in [0.1, 0.15) is 0 Å². The Hall–Kier alpha value is -2.68. The van der Waals surface area contributed by atoms with E-state index in [0.717, 1.165) is 23.1 Å². The van der Waals surface area contributed by atoms with Crippen molar-refractivity contribution in [2.45, 2.75) is 51.3 Å². The maximum atomic E-state index is 12.8. The quantitative estimate of drug-likeness (QED) is 0.506. The summed E-state index contributed by atoms with van der Waals surface area (Å²) in [5, 5.41) is 0. The van der Waals surface area contributed by atoms with Crippen LogP contribution < -0.4 is 0 Å². The lowest BCUT2D eigenvalue weighted by atomic mass is 9.89. The molecule has 0 aliphatic heterocycles. The number of sulfone groups is 1. The molecule has 0 aromatic heterocycles. The summed E-state index contributed by atoms with van der Waals surface area (Å²) >= 11 is 0. The highest BCUT2D eigenvalue weighted by Crippen LogP contribution is 2.35. The number of allylic oxidation sites excluding steroid dienone is 3. The monoisotopic (exact) mass is 420 g/mol. The number of benzene rings is 2. The van der Waals surface area contributed by atoms with Gasteiger partial charge in [-0.2, -0.15) is 0 Å². The number of rotatable bonds is 8. The van der Waals surface area contributed by atoms with Gasteiger partial charge >= 0.3 is 0 Å². The summed E-state index contributed by atoms with van der Waals surface area (Å²) in [6.07, 6.45) is 2.59. The molecule has 30 heavy (non-hydrogen) atoms. The van der Waals surface area contributed by atoms with Crippen molar-refractivity contribution in [3.05, 3.63) is 88.2 Å². The lowest BCUT2D eigenvalue weighted by molar-refractivity contribution is -0.114. The zero-order valence-electron chi connectivity index (χ0n) is 18.0. The largest absolute Gasteiger partial charge is 0.293 e. The predicted molar refractivity (Wildman–Crippen MR) is 122 cm³/mol. The number of hydrogen-bond donors (Lipinski definition) is 0. The van der Waals surface area contributed by atoms with Crippen LogP contribution in [0.1, 0.15) is 56.2 Å². The van der Waals surface area contributed by atoms with Crippen LogP contribution in [0.5, 0.6) is 0 Å². The Morgan fingerprint density at radius 1 is 1.03 bits per heavy atom. The number of hydrogen-bond acceptors (Lipinski definition) is 3. The zero-order valence-corrected chi connectivity index (χ0v) is 18.8. The highest BCUT2D eigenvalue weighted by atomic mass is 32.2. The topological polar surface area (TPSA) is 51.2 Å². The van der Waals surface area contributed by atoms with Gasteiger partial charge in [0.25, 0.3) is 0 Å². The average molecular weight is 421 g/mol. The van der Waals surface area contributed by atoms with E-state index in [4.69, 9.17) is 0 Å². The standard InChI is InChI=1S/C26H28O3S/c1-5-20-16-21(17-24(20)23-12-8-7-11-22(23)18(2)3)25(27)14-15-30(28,29)26-13-9-6-10-19(26)4/h6-13,17-18H,5,14-15H2,1-4H3. The first-order chi connectivity index (χ1) is 14.2. The van der Waals surface area contributed by atoms with Crippen molar-refractivity contribution in [1.29, 1.82) is 0 Å². The summed E-state index contributed by atoms with van der Waals surface area (Å²) in [7, 11) is -3.51. The second-order valence-electron chi connectivity index (χ2n) is 7.93. The second-order valence-corrected chi connectivity index (χ2v) is 10.0. The van der Waals surface area contributed by atoms with Gasteiger partial charge in [-0.25, -0.2) is 8.42 Å². The molecule has 0 fully saturated rings. The van der Waals surface area contributed by atoms with Crippen LogP contribution in [-0.4, -0.2) is 20.0 Å². The van der Waals surface area contributed by atoms with Crippen LogP contribution in [0.2, 0.25) is 0 Å². The molecule has 0 unspecified atom stereocenters. The van der Waals surface area contributed by atoms with Crippen LogP contribution in [0.3, 0.4) is 0 Å². The van der Waals surface area contributed by atoms with Crippen molar-refractivity contribution in [2.75, 3.05) is 5.75 Å². The van der Waals surface area contributed by atoms with Crippen molar-refractivity contribution in [3.63, 3.8) is 0 Å². The van der Waals surface area contributed by atoms with Gasteiger partial charge in [-0.3, -0.25) is 4.79 Å². The minimum absolute atomic E-state index is 0.0500. The first-order valence-electron chi connectivity index (χ1n) is 10.4. The smallest absolute Gasteiger partial charge is 0.179 e. The van der Waals surface area contributed by atoms with Crippen LogP contribution in [0.4, 0.5) is 0 Å². The number of aryl methyl sites for hydroxylation is 1. The molecule has 0 N–H and O–H groups in total. The Morgan fingerprint density at radius 2 is 1.70 bits per heavy atom. The molecular weight excluding hydrogens is 392 g/mol. The van der Waals surface area contributed by atoms with Gasteiger partial charge in [0, 0.05) is 12.0 Å². The van der Waals surface area contributed by atoms with E-state index >= 15 is 0 Å². The van der Waals surface area contributed by atoms with Crippen molar-refractivity contribution in [2.24, 2.45) is 0 Å². The first kappa shape index (κ1) is 22.0. The number of carbonyl (C=O) groups excluding carboxylic acids is 1. The van der Waals surface area contributed by atoms with Crippen molar-refractivity contribution in [1.82, 2.24) is 0 Å². The molecule has 3 nitrogen and oxygen atoms in total. The minimum atomic E-state index is -3.51. The van der Waals surface area contributed by atoms with E-state index < -0.39 is 9.84 Å². The lowest BCUT2D eigenvalue weighted by Crippen LogP contribution is -2.13. The van der Waals surface area contributed by atoms with E-state index in [0.29, 0.717) is 21.9 Å². The summed E-state index contributed by atoms with van der Waals surface area (Å²) in [6, 6.07) is 15.1. The predicted octanol–water partition coefficient (Wildman–Crippen LogP) is 5.81. The Bertz CT molecular complexity index is 1170. The Morgan fingerprint density at radius 3 is 2.37 bits per heavy atom. The van der Waals surface area contributed by atoms with E-state index in [1.807, 2.05) is 25.1 Å². The fourth-order valence-corrected chi connectivity index (χ4v) is 5.31. The van der Waals surface area contributed by atoms with Crippen molar-refractivity contribution < 1.29 is 13.2 Å². The van der Waals surface area contributed by atoms with Crippen LogP contribution in [-0.2, 0) is 14.6 Å². The molecule has 0 radical (unpaired) electrons. The van der Waals surface area contributed by atoms with E-state index in [-0.39, 0.29) is 18.0 Å². The fourth-order valence-electron chi connectivity index (χ4n) is 3.79.